The van der Waals surface area contributed by atoms with Crippen LogP contribution in [0.4, 0.5) is 0 Å². The Kier molecular flexibility index (Phi) is 6.44. The SMILES string of the molecule is CC1(C)OC2C(OP(=O)(O)OP(=O)(O)OP(=O)(O)O)CC(n3ccc(=O)[nH]c3=O)C2O1. The summed E-state index contributed by atoms with van der Waals surface area (Å²) in [5.41, 5.74) is -1.44. The Morgan fingerprint density at radius 2 is 1.68 bits per heavy atom. The fraction of sp³-hybridized carbons (Fsp3) is 0.667. The van der Waals surface area contributed by atoms with Gasteiger partial charge in [0.2, 0.25) is 0 Å². The highest BCUT2D eigenvalue weighted by Crippen LogP contribution is 2.67. The number of phosphoric acid groups is 3. The largest absolute Gasteiger partial charge is 0.490 e. The van der Waals surface area contributed by atoms with Gasteiger partial charge < -0.3 is 29.0 Å². The van der Waals surface area contributed by atoms with Gasteiger partial charge in [-0.1, -0.05) is 0 Å². The molecule has 0 amide bonds. The van der Waals surface area contributed by atoms with Gasteiger partial charge in [0.05, 0.1) is 6.04 Å². The van der Waals surface area contributed by atoms with Crippen LogP contribution >= 0.6 is 23.5 Å². The van der Waals surface area contributed by atoms with Crippen molar-refractivity contribution in [3.05, 3.63) is 33.1 Å². The van der Waals surface area contributed by atoms with Crippen molar-refractivity contribution in [3.63, 3.8) is 0 Å². The average molecular weight is 508 g/mol. The zero-order valence-electron chi connectivity index (χ0n) is 15.8. The van der Waals surface area contributed by atoms with E-state index in [9.17, 15) is 33.1 Å². The molecule has 1 aromatic rings. The molecule has 31 heavy (non-hydrogen) atoms. The second kappa shape index (κ2) is 8.10. The summed E-state index contributed by atoms with van der Waals surface area (Å²) in [7, 11) is -16.7. The molecule has 3 rings (SSSR count). The van der Waals surface area contributed by atoms with Gasteiger partial charge in [-0.3, -0.25) is 18.9 Å². The number of hydrogen-bond donors (Lipinski definition) is 5. The first kappa shape index (κ1) is 24.6. The predicted octanol–water partition coefficient (Wildman–Crippen LogP) is -0.287. The van der Waals surface area contributed by atoms with Gasteiger partial charge in [0.1, 0.15) is 18.3 Å². The first-order valence-corrected chi connectivity index (χ1v) is 13.0. The van der Waals surface area contributed by atoms with Crippen LogP contribution in [0.1, 0.15) is 26.3 Å². The molecule has 6 atom stereocenters. The summed E-state index contributed by atoms with van der Waals surface area (Å²) < 4.78 is 59.3. The molecule has 176 valence electrons. The number of nitrogens with zero attached hydrogens (tertiary/aromatic N) is 1. The lowest BCUT2D eigenvalue weighted by molar-refractivity contribution is -0.165. The standard InChI is InChI=1S/C12H19N2O14P3/c1-12(2)24-9-6(14-4-3-8(15)13-11(14)16)5-7(10(9)25-12)26-30(20,21)28-31(22,23)27-29(17,18)19/h3-4,6-7,9-10H,5H2,1-2H3,(H,20,21)(H,22,23)(H,13,15,16)(H2,17,18,19). The monoisotopic (exact) mass is 508 g/mol. The third kappa shape index (κ3) is 6.08. The maximum atomic E-state index is 12.2. The van der Waals surface area contributed by atoms with Crippen molar-refractivity contribution in [3.8, 4) is 0 Å². The third-order valence-electron chi connectivity index (χ3n) is 4.28. The molecular formula is C12H19N2O14P3. The summed E-state index contributed by atoms with van der Waals surface area (Å²) in [5.74, 6) is -1.20. The molecule has 1 saturated carbocycles. The number of aromatic nitrogens is 2. The van der Waals surface area contributed by atoms with E-state index in [1.54, 1.807) is 0 Å². The lowest BCUT2D eigenvalue weighted by Gasteiger charge is -2.25. The Balaban J connectivity index is 1.85. The van der Waals surface area contributed by atoms with E-state index < -0.39 is 64.9 Å². The highest BCUT2D eigenvalue weighted by Gasteiger charge is 2.57. The maximum absolute atomic E-state index is 12.2. The van der Waals surface area contributed by atoms with Crippen LogP contribution in [0.15, 0.2) is 21.9 Å². The van der Waals surface area contributed by atoms with Gasteiger partial charge in [0, 0.05) is 18.7 Å². The van der Waals surface area contributed by atoms with Crippen molar-refractivity contribution in [2.45, 2.75) is 50.4 Å². The Labute approximate surface area is 173 Å². The second-order valence-corrected chi connectivity index (χ2v) is 11.5. The van der Waals surface area contributed by atoms with Crippen molar-refractivity contribution in [2.75, 3.05) is 0 Å². The number of aromatic amines is 1. The van der Waals surface area contributed by atoms with Crippen molar-refractivity contribution in [1.29, 1.82) is 0 Å². The van der Waals surface area contributed by atoms with E-state index in [0.717, 1.165) is 10.6 Å². The van der Waals surface area contributed by atoms with Gasteiger partial charge in [0.15, 0.2) is 5.79 Å². The number of nitrogens with one attached hydrogen (secondary N) is 1. The van der Waals surface area contributed by atoms with Gasteiger partial charge in [-0.25, -0.2) is 18.5 Å². The van der Waals surface area contributed by atoms with Crippen LogP contribution in [0.3, 0.4) is 0 Å². The zero-order valence-corrected chi connectivity index (χ0v) is 18.5. The van der Waals surface area contributed by atoms with Crippen LogP contribution in [-0.2, 0) is 36.3 Å². The molecule has 0 spiro atoms. The molecule has 1 aliphatic carbocycles. The lowest BCUT2D eigenvalue weighted by atomic mass is 10.2. The number of fused-ring (bicyclic) bond motifs is 1. The van der Waals surface area contributed by atoms with Gasteiger partial charge in [-0.15, -0.1) is 0 Å². The van der Waals surface area contributed by atoms with E-state index in [-0.39, 0.29) is 6.42 Å². The predicted molar refractivity (Wildman–Crippen MR) is 97.5 cm³/mol. The summed E-state index contributed by atoms with van der Waals surface area (Å²) in [6, 6.07) is 0.237. The molecule has 16 nitrogen and oxygen atoms in total. The number of hydrogen-bond acceptors (Lipinski definition) is 10. The maximum Gasteiger partial charge on any atom is 0.490 e. The van der Waals surface area contributed by atoms with Crippen LogP contribution < -0.4 is 11.2 Å². The third-order valence-corrected chi connectivity index (χ3v) is 8.14. The molecule has 2 aliphatic rings. The average Bonchev–Trinajstić information content (AvgIpc) is 2.98. The number of H-pyrrole nitrogens is 1. The van der Waals surface area contributed by atoms with Crippen LogP contribution in [0.25, 0.3) is 0 Å². The number of phosphoric ester groups is 1. The van der Waals surface area contributed by atoms with Crippen LogP contribution in [0, 0.1) is 0 Å². The molecular weight excluding hydrogens is 489 g/mol. The molecule has 19 heteroatoms. The van der Waals surface area contributed by atoms with Crippen molar-refractivity contribution < 1.29 is 55.9 Å². The van der Waals surface area contributed by atoms with Crippen LogP contribution in [0.5, 0.6) is 0 Å². The van der Waals surface area contributed by atoms with Gasteiger partial charge >= 0.3 is 29.2 Å². The smallest absolute Gasteiger partial charge is 0.342 e. The molecule has 6 unspecified atom stereocenters. The minimum Gasteiger partial charge on any atom is -0.342 e. The quantitative estimate of drug-likeness (QED) is 0.298. The Bertz CT molecular complexity index is 1110. The Morgan fingerprint density at radius 1 is 1.06 bits per heavy atom. The Morgan fingerprint density at radius 3 is 2.26 bits per heavy atom. The van der Waals surface area contributed by atoms with Crippen molar-refractivity contribution in [1.82, 2.24) is 9.55 Å². The minimum atomic E-state index is -5.70. The summed E-state index contributed by atoms with van der Waals surface area (Å²) in [6.45, 7) is 3.06. The highest BCUT2D eigenvalue weighted by atomic mass is 31.3. The van der Waals surface area contributed by atoms with E-state index in [1.807, 2.05) is 0 Å². The van der Waals surface area contributed by atoms with Crippen LogP contribution in [-0.4, -0.2) is 53.2 Å². The van der Waals surface area contributed by atoms with E-state index in [2.05, 4.69) is 13.6 Å². The minimum absolute atomic E-state index is 0.194. The molecule has 1 aromatic heterocycles. The Hall–Kier alpha value is -0.990. The second-order valence-electron chi connectivity index (χ2n) is 7.12. The van der Waals surface area contributed by atoms with Gasteiger partial charge in [-0.05, 0) is 13.8 Å². The topological polar surface area (TPSA) is 233 Å². The normalized spacial score (nSPS) is 31.7. The van der Waals surface area contributed by atoms with Crippen molar-refractivity contribution in [2.24, 2.45) is 0 Å². The fourth-order valence-electron chi connectivity index (χ4n) is 3.44. The summed E-state index contributed by atoms with van der Waals surface area (Å²) in [5, 5.41) is 0. The molecule has 2 heterocycles. The van der Waals surface area contributed by atoms with Crippen LogP contribution in [0.2, 0.25) is 0 Å². The van der Waals surface area contributed by atoms with E-state index >= 15 is 0 Å². The van der Waals surface area contributed by atoms with E-state index in [4.69, 9.17) is 23.8 Å². The summed E-state index contributed by atoms with van der Waals surface area (Å²) >= 11 is 0. The van der Waals surface area contributed by atoms with E-state index in [1.165, 1.54) is 20.0 Å². The molecule has 0 radical (unpaired) electrons. The summed E-state index contributed by atoms with van der Waals surface area (Å²) in [6.07, 6.45) is -2.29. The molecule has 2 fully saturated rings. The molecule has 0 aromatic carbocycles. The first-order valence-electron chi connectivity index (χ1n) is 8.46. The van der Waals surface area contributed by atoms with E-state index in [0.29, 0.717) is 0 Å². The fourth-order valence-corrected chi connectivity index (χ4v) is 6.65. The first-order chi connectivity index (χ1) is 14.0. The summed E-state index contributed by atoms with van der Waals surface area (Å²) in [4.78, 5) is 61.9. The molecule has 0 bridgehead atoms. The van der Waals surface area contributed by atoms with Crippen molar-refractivity contribution >= 4 is 23.5 Å². The number of rotatable bonds is 7. The molecule has 5 N–H and O–H groups in total. The number of ether oxygens (including phenoxy) is 2. The van der Waals surface area contributed by atoms with Gasteiger partial charge in [-0.2, -0.15) is 8.62 Å². The zero-order chi connectivity index (χ0) is 23.4. The highest BCUT2D eigenvalue weighted by molar-refractivity contribution is 7.66. The molecule has 1 saturated heterocycles. The molecule has 1 aliphatic heterocycles. The van der Waals surface area contributed by atoms with Gasteiger partial charge in [0.25, 0.3) is 5.56 Å². The lowest BCUT2D eigenvalue weighted by Crippen LogP contribution is -2.36.